The zero-order valence-corrected chi connectivity index (χ0v) is 15.3. The van der Waals surface area contributed by atoms with Gasteiger partial charge < -0.3 is 9.73 Å². The topological polar surface area (TPSA) is 85.3 Å². The number of benzene rings is 1. The van der Waals surface area contributed by atoms with Crippen LogP contribution in [0.5, 0.6) is 0 Å². The Hall–Kier alpha value is -3.69. The Balaban J connectivity index is 1.67. The maximum atomic E-state index is 14.4. The summed E-state index contributed by atoms with van der Waals surface area (Å²) in [5.74, 6) is -0.560. The van der Waals surface area contributed by atoms with Crippen molar-refractivity contribution in [3.8, 4) is 11.3 Å². The summed E-state index contributed by atoms with van der Waals surface area (Å²) in [4.78, 5) is 24.4. The van der Waals surface area contributed by atoms with E-state index in [2.05, 4.69) is 20.3 Å². The zero-order chi connectivity index (χ0) is 20.7. The number of fused-ring (bicyclic) bond motifs is 1. The Bertz CT molecular complexity index is 1230. The van der Waals surface area contributed by atoms with Gasteiger partial charge >= 0.3 is 0 Å². The lowest BCUT2D eigenvalue weighted by Crippen LogP contribution is -2.12. The van der Waals surface area contributed by atoms with E-state index in [1.807, 2.05) is 0 Å². The molecule has 3 aromatic heterocycles. The van der Waals surface area contributed by atoms with E-state index >= 15 is 0 Å². The first kappa shape index (κ1) is 18.7. The van der Waals surface area contributed by atoms with Gasteiger partial charge in [-0.1, -0.05) is 0 Å². The van der Waals surface area contributed by atoms with E-state index in [-0.39, 0.29) is 28.4 Å². The fraction of sp³-hybridized carbons (Fsp3) is 0.158. The van der Waals surface area contributed by atoms with E-state index in [1.165, 1.54) is 35.0 Å². The first-order valence-corrected chi connectivity index (χ1v) is 8.50. The third kappa shape index (κ3) is 3.56. The lowest BCUT2D eigenvalue weighted by molar-refractivity contribution is 0.0994. The first-order valence-electron chi connectivity index (χ1n) is 8.50. The van der Waals surface area contributed by atoms with Crippen molar-refractivity contribution >= 4 is 17.4 Å². The number of hydrogen-bond acceptors (Lipinski definition) is 5. The molecule has 1 aromatic carbocycles. The number of rotatable bonds is 4. The molecule has 0 unspecified atom stereocenters. The van der Waals surface area contributed by atoms with Crippen molar-refractivity contribution in [1.82, 2.24) is 19.4 Å². The average molecular weight is 401 g/mol. The molecule has 0 spiro atoms. The standard InChI is InChI=1S/C19H14F3N5O2/c1-9-16(29-10(2)24-9)18(28)25-12-3-4-14(20)13(5-12)15-8-27-7-11(17(21)22)6-23-19(27)26-15/h3-8,17H,1-2H3,(H,25,28). The van der Waals surface area contributed by atoms with Gasteiger partial charge in [0.15, 0.2) is 5.89 Å². The number of imidazole rings is 1. The van der Waals surface area contributed by atoms with Gasteiger partial charge in [-0.15, -0.1) is 0 Å². The van der Waals surface area contributed by atoms with Crippen LogP contribution in [0.4, 0.5) is 18.9 Å². The number of nitrogens with zero attached hydrogens (tertiary/aromatic N) is 4. The van der Waals surface area contributed by atoms with Gasteiger partial charge in [0.05, 0.1) is 17.0 Å². The van der Waals surface area contributed by atoms with Crippen LogP contribution in [-0.4, -0.2) is 25.3 Å². The Morgan fingerprint density at radius 2 is 2.00 bits per heavy atom. The van der Waals surface area contributed by atoms with Crippen LogP contribution >= 0.6 is 0 Å². The second-order valence-electron chi connectivity index (χ2n) is 6.32. The Labute approximate surface area is 162 Å². The van der Waals surface area contributed by atoms with Crippen LogP contribution < -0.4 is 5.32 Å². The molecule has 1 N–H and O–H groups in total. The van der Waals surface area contributed by atoms with Crippen LogP contribution in [0.1, 0.15) is 34.1 Å². The van der Waals surface area contributed by atoms with Gasteiger partial charge in [0.1, 0.15) is 5.82 Å². The molecule has 0 aliphatic heterocycles. The Morgan fingerprint density at radius 1 is 1.21 bits per heavy atom. The molecule has 1 amide bonds. The van der Waals surface area contributed by atoms with Gasteiger partial charge in [-0.3, -0.25) is 9.20 Å². The van der Waals surface area contributed by atoms with E-state index in [0.29, 0.717) is 17.3 Å². The molecule has 7 nitrogen and oxygen atoms in total. The van der Waals surface area contributed by atoms with E-state index in [1.54, 1.807) is 13.8 Å². The summed E-state index contributed by atoms with van der Waals surface area (Å²) >= 11 is 0. The van der Waals surface area contributed by atoms with E-state index in [0.717, 1.165) is 6.20 Å². The fourth-order valence-corrected chi connectivity index (χ4v) is 2.87. The summed E-state index contributed by atoms with van der Waals surface area (Å²) in [6, 6.07) is 3.95. The lowest BCUT2D eigenvalue weighted by Gasteiger charge is -2.06. The average Bonchev–Trinajstić information content (AvgIpc) is 3.24. The Kier molecular flexibility index (Phi) is 4.53. The maximum Gasteiger partial charge on any atom is 0.293 e. The summed E-state index contributed by atoms with van der Waals surface area (Å²) in [7, 11) is 0. The highest BCUT2D eigenvalue weighted by Gasteiger charge is 2.18. The lowest BCUT2D eigenvalue weighted by atomic mass is 10.1. The number of nitrogens with one attached hydrogen (secondary N) is 1. The van der Waals surface area contributed by atoms with Crippen molar-refractivity contribution in [2.75, 3.05) is 5.32 Å². The van der Waals surface area contributed by atoms with Gasteiger partial charge in [-0.05, 0) is 25.1 Å². The van der Waals surface area contributed by atoms with Crippen LogP contribution in [0.25, 0.3) is 17.0 Å². The number of amides is 1. The SMILES string of the molecule is Cc1nc(C)c(C(=O)Nc2ccc(F)c(-c3cn4cc(C(F)F)cnc4n3)c2)o1. The molecule has 3 heterocycles. The van der Waals surface area contributed by atoms with Gasteiger partial charge in [-0.2, -0.15) is 0 Å². The van der Waals surface area contributed by atoms with Crippen molar-refractivity contribution in [2.45, 2.75) is 20.3 Å². The predicted molar refractivity (Wildman–Crippen MR) is 97.3 cm³/mol. The normalized spacial score (nSPS) is 11.4. The quantitative estimate of drug-likeness (QED) is 0.550. The molecule has 148 valence electrons. The molecule has 0 saturated heterocycles. The fourth-order valence-electron chi connectivity index (χ4n) is 2.87. The van der Waals surface area contributed by atoms with Gasteiger partial charge in [0.25, 0.3) is 12.3 Å². The number of hydrogen-bond donors (Lipinski definition) is 1. The predicted octanol–water partition coefficient (Wildman–Crippen LogP) is 4.33. The number of halogens is 3. The number of alkyl halides is 2. The summed E-state index contributed by atoms with van der Waals surface area (Å²) in [6.45, 7) is 3.26. The Morgan fingerprint density at radius 3 is 2.69 bits per heavy atom. The van der Waals surface area contributed by atoms with Crippen molar-refractivity contribution in [3.63, 3.8) is 0 Å². The van der Waals surface area contributed by atoms with Crippen LogP contribution in [0.15, 0.2) is 41.2 Å². The number of oxazole rings is 1. The van der Waals surface area contributed by atoms with E-state index in [9.17, 15) is 18.0 Å². The molecule has 10 heteroatoms. The number of aromatic nitrogens is 4. The molecule has 0 aliphatic carbocycles. The minimum Gasteiger partial charge on any atom is -0.436 e. The minimum absolute atomic E-state index is 0.0600. The van der Waals surface area contributed by atoms with Crippen LogP contribution in [0.2, 0.25) is 0 Å². The van der Waals surface area contributed by atoms with Gasteiger partial charge in [-0.25, -0.2) is 28.1 Å². The van der Waals surface area contributed by atoms with Crippen molar-refractivity contribution in [3.05, 3.63) is 65.5 Å². The molecule has 0 aliphatic rings. The monoisotopic (exact) mass is 401 g/mol. The molecule has 0 saturated carbocycles. The largest absolute Gasteiger partial charge is 0.436 e. The second-order valence-corrected chi connectivity index (χ2v) is 6.32. The molecular weight excluding hydrogens is 387 g/mol. The van der Waals surface area contributed by atoms with E-state index < -0.39 is 18.1 Å². The molecule has 0 bridgehead atoms. The number of aryl methyl sites for hydroxylation is 2. The van der Waals surface area contributed by atoms with Crippen LogP contribution in [-0.2, 0) is 0 Å². The highest BCUT2D eigenvalue weighted by Crippen LogP contribution is 2.27. The van der Waals surface area contributed by atoms with E-state index in [4.69, 9.17) is 4.42 Å². The molecular formula is C19H14F3N5O2. The highest BCUT2D eigenvalue weighted by molar-refractivity contribution is 6.03. The number of carbonyl (C=O) groups excluding carboxylic acids is 1. The van der Waals surface area contributed by atoms with Gasteiger partial charge in [0.2, 0.25) is 11.5 Å². The summed E-state index contributed by atoms with van der Waals surface area (Å²) in [5.41, 5.74) is 0.726. The van der Waals surface area contributed by atoms with Crippen molar-refractivity contribution < 1.29 is 22.4 Å². The molecule has 4 rings (SSSR count). The van der Waals surface area contributed by atoms with Gasteiger partial charge in [0, 0.05) is 36.8 Å². The first-order chi connectivity index (χ1) is 13.8. The summed E-state index contributed by atoms with van der Waals surface area (Å²) < 4.78 is 46.7. The van der Waals surface area contributed by atoms with Crippen molar-refractivity contribution in [2.24, 2.45) is 0 Å². The third-order valence-corrected chi connectivity index (χ3v) is 4.19. The molecule has 0 fully saturated rings. The van der Waals surface area contributed by atoms with Crippen LogP contribution in [0, 0.1) is 19.7 Å². The maximum absolute atomic E-state index is 14.4. The summed E-state index contributed by atoms with van der Waals surface area (Å²) in [5, 5.41) is 2.62. The third-order valence-electron chi connectivity index (χ3n) is 4.19. The zero-order valence-electron chi connectivity index (χ0n) is 15.3. The molecule has 4 aromatic rings. The minimum atomic E-state index is -2.68. The molecule has 0 atom stereocenters. The van der Waals surface area contributed by atoms with Crippen LogP contribution in [0.3, 0.4) is 0 Å². The second kappa shape index (κ2) is 7.04. The number of anilines is 1. The summed E-state index contributed by atoms with van der Waals surface area (Å²) in [6.07, 6.45) is 0.909. The molecule has 29 heavy (non-hydrogen) atoms. The number of carbonyl (C=O) groups is 1. The molecule has 0 radical (unpaired) electrons. The van der Waals surface area contributed by atoms with Crippen molar-refractivity contribution in [1.29, 1.82) is 0 Å². The smallest absolute Gasteiger partial charge is 0.293 e. The highest BCUT2D eigenvalue weighted by atomic mass is 19.3.